The van der Waals surface area contributed by atoms with Crippen molar-refractivity contribution in [3.05, 3.63) is 34.0 Å². The van der Waals surface area contributed by atoms with Gasteiger partial charge in [-0.15, -0.1) is 0 Å². The number of rotatable bonds is 0. The molecular formula is C12H11ClN2. The third-order valence-electron chi connectivity index (χ3n) is 2.95. The number of fused-ring (bicyclic) bond motifs is 1. The van der Waals surface area contributed by atoms with E-state index in [-0.39, 0.29) is 0 Å². The number of halogens is 1. The van der Waals surface area contributed by atoms with Crippen LogP contribution in [0, 0.1) is 25.2 Å². The van der Waals surface area contributed by atoms with Crippen molar-refractivity contribution in [2.45, 2.75) is 13.8 Å². The van der Waals surface area contributed by atoms with Gasteiger partial charge < -0.3 is 4.57 Å². The van der Waals surface area contributed by atoms with Gasteiger partial charge in [0.2, 0.25) is 0 Å². The summed E-state index contributed by atoms with van der Waals surface area (Å²) in [5, 5.41) is 10.8. The van der Waals surface area contributed by atoms with Crippen molar-refractivity contribution in [3.8, 4) is 6.07 Å². The number of benzene rings is 1. The lowest BCUT2D eigenvalue weighted by molar-refractivity contribution is 0.911. The Morgan fingerprint density at radius 1 is 1.33 bits per heavy atom. The molecular weight excluding hydrogens is 208 g/mol. The molecule has 1 aromatic carbocycles. The SMILES string of the molecule is Cc1c(Cl)ccc2c(C#N)c(C)n(C)c12. The van der Waals surface area contributed by atoms with Crippen LogP contribution >= 0.6 is 11.6 Å². The van der Waals surface area contributed by atoms with Gasteiger partial charge in [0.1, 0.15) is 6.07 Å². The topological polar surface area (TPSA) is 28.7 Å². The molecule has 2 nitrogen and oxygen atoms in total. The van der Waals surface area contributed by atoms with Crippen LogP contribution in [-0.2, 0) is 7.05 Å². The molecule has 0 aliphatic rings. The molecule has 2 rings (SSSR count). The molecule has 0 bridgehead atoms. The van der Waals surface area contributed by atoms with Crippen molar-refractivity contribution >= 4 is 22.5 Å². The van der Waals surface area contributed by atoms with Gasteiger partial charge in [0.25, 0.3) is 0 Å². The fourth-order valence-corrected chi connectivity index (χ4v) is 2.13. The van der Waals surface area contributed by atoms with Crippen LogP contribution in [0.5, 0.6) is 0 Å². The molecule has 0 saturated heterocycles. The molecule has 0 aliphatic carbocycles. The van der Waals surface area contributed by atoms with Crippen molar-refractivity contribution in [2.24, 2.45) is 7.05 Å². The number of nitriles is 1. The Bertz CT molecular complexity index is 588. The van der Waals surface area contributed by atoms with E-state index in [0.29, 0.717) is 0 Å². The zero-order chi connectivity index (χ0) is 11.2. The molecule has 0 saturated carbocycles. The molecule has 0 fully saturated rings. The highest BCUT2D eigenvalue weighted by Crippen LogP contribution is 2.30. The lowest BCUT2D eigenvalue weighted by atomic mass is 10.1. The third-order valence-corrected chi connectivity index (χ3v) is 3.36. The van der Waals surface area contributed by atoms with Crippen LogP contribution in [0.3, 0.4) is 0 Å². The lowest BCUT2D eigenvalue weighted by Crippen LogP contribution is -1.92. The van der Waals surface area contributed by atoms with Gasteiger partial charge in [0.15, 0.2) is 0 Å². The molecule has 1 aromatic heterocycles. The Morgan fingerprint density at radius 2 is 2.00 bits per heavy atom. The summed E-state index contributed by atoms with van der Waals surface area (Å²) in [6, 6.07) is 6.00. The molecule has 0 radical (unpaired) electrons. The lowest BCUT2D eigenvalue weighted by Gasteiger charge is -2.03. The largest absolute Gasteiger partial charge is 0.346 e. The van der Waals surface area contributed by atoms with Crippen LogP contribution in [0.1, 0.15) is 16.8 Å². The summed E-state index contributed by atoms with van der Waals surface area (Å²) in [4.78, 5) is 0. The van der Waals surface area contributed by atoms with Gasteiger partial charge >= 0.3 is 0 Å². The monoisotopic (exact) mass is 218 g/mol. The van der Waals surface area contributed by atoms with Gasteiger partial charge in [-0.3, -0.25) is 0 Å². The summed E-state index contributed by atoms with van der Waals surface area (Å²) in [7, 11) is 1.96. The normalized spacial score (nSPS) is 10.6. The molecule has 0 atom stereocenters. The van der Waals surface area contributed by atoms with Crippen LogP contribution in [0.2, 0.25) is 5.02 Å². The van der Waals surface area contributed by atoms with E-state index in [2.05, 4.69) is 6.07 Å². The molecule has 0 aliphatic heterocycles. The van der Waals surface area contributed by atoms with Gasteiger partial charge in [0, 0.05) is 23.2 Å². The quantitative estimate of drug-likeness (QED) is 0.667. The summed E-state index contributed by atoms with van der Waals surface area (Å²) in [6.45, 7) is 3.93. The fourth-order valence-electron chi connectivity index (χ4n) is 1.98. The number of hydrogen-bond donors (Lipinski definition) is 0. The van der Waals surface area contributed by atoms with Crippen LogP contribution in [-0.4, -0.2) is 4.57 Å². The second-order valence-electron chi connectivity index (χ2n) is 3.70. The first-order valence-electron chi connectivity index (χ1n) is 4.72. The van der Waals surface area contributed by atoms with Gasteiger partial charge in [-0.05, 0) is 31.5 Å². The molecule has 0 spiro atoms. The summed E-state index contributed by atoms with van der Waals surface area (Å²) in [6.07, 6.45) is 0. The van der Waals surface area contributed by atoms with Gasteiger partial charge in [-0.25, -0.2) is 0 Å². The number of hydrogen-bond acceptors (Lipinski definition) is 1. The van der Waals surface area contributed by atoms with Crippen molar-refractivity contribution in [2.75, 3.05) is 0 Å². The average molecular weight is 219 g/mol. The Hall–Kier alpha value is -1.46. The van der Waals surface area contributed by atoms with Crippen LogP contribution < -0.4 is 0 Å². The first-order chi connectivity index (χ1) is 7.07. The number of aryl methyl sites for hydroxylation is 2. The maximum Gasteiger partial charge on any atom is 0.102 e. The van der Waals surface area contributed by atoms with Crippen molar-refractivity contribution in [1.29, 1.82) is 5.26 Å². The zero-order valence-electron chi connectivity index (χ0n) is 8.93. The van der Waals surface area contributed by atoms with E-state index in [1.54, 1.807) is 0 Å². The summed E-state index contributed by atoms with van der Waals surface area (Å²) < 4.78 is 2.02. The highest BCUT2D eigenvalue weighted by molar-refractivity contribution is 6.32. The average Bonchev–Trinajstić information content (AvgIpc) is 2.46. The molecule has 3 heteroatoms. The minimum Gasteiger partial charge on any atom is -0.346 e. The van der Waals surface area contributed by atoms with Crippen molar-refractivity contribution < 1.29 is 0 Å². The van der Waals surface area contributed by atoms with Crippen LogP contribution in [0.4, 0.5) is 0 Å². The summed E-state index contributed by atoms with van der Waals surface area (Å²) in [5.74, 6) is 0. The fraction of sp³-hybridized carbons (Fsp3) is 0.250. The Kier molecular flexibility index (Phi) is 2.21. The molecule has 0 N–H and O–H groups in total. The van der Waals surface area contributed by atoms with E-state index >= 15 is 0 Å². The first-order valence-corrected chi connectivity index (χ1v) is 5.10. The van der Waals surface area contributed by atoms with E-state index in [0.717, 1.165) is 32.7 Å². The smallest absolute Gasteiger partial charge is 0.102 e. The number of aromatic nitrogens is 1. The first kappa shape index (κ1) is 10.1. The maximum atomic E-state index is 9.09. The molecule has 76 valence electrons. The zero-order valence-corrected chi connectivity index (χ0v) is 9.68. The number of nitrogens with zero attached hydrogens (tertiary/aromatic N) is 2. The molecule has 15 heavy (non-hydrogen) atoms. The summed E-state index contributed by atoms with van der Waals surface area (Å²) in [5.41, 5.74) is 3.81. The van der Waals surface area contributed by atoms with E-state index in [1.165, 1.54) is 0 Å². The molecule has 0 unspecified atom stereocenters. The molecule has 0 amide bonds. The summed E-state index contributed by atoms with van der Waals surface area (Å²) >= 11 is 6.07. The minimum absolute atomic E-state index is 0.743. The van der Waals surface area contributed by atoms with Crippen molar-refractivity contribution in [1.82, 2.24) is 4.57 Å². The van der Waals surface area contributed by atoms with Gasteiger partial charge in [-0.2, -0.15) is 5.26 Å². The Morgan fingerprint density at radius 3 is 2.60 bits per heavy atom. The predicted octanol–water partition coefficient (Wildman–Crippen LogP) is 3.32. The maximum absolute atomic E-state index is 9.09. The standard InChI is InChI=1S/C12H11ClN2/c1-7-11(13)5-4-9-10(6-14)8(2)15(3)12(7)9/h4-5H,1-3H3. The minimum atomic E-state index is 0.743. The van der Waals surface area contributed by atoms with E-state index in [1.807, 2.05) is 37.6 Å². The van der Waals surface area contributed by atoms with Crippen LogP contribution in [0.25, 0.3) is 10.9 Å². The third kappa shape index (κ3) is 1.24. The van der Waals surface area contributed by atoms with E-state index < -0.39 is 0 Å². The Balaban J connectivity index is 3.05. The van der Waals surface area contributed by atoms with E-state index in [9.17, 15) is 0 Å². The second-order valence-corrected chi connectivity index (χ2v) is 4.11. The van der Waals surface area contributed by atoms with Crippen molar-refractivity contribution in [3.63, 3.8) is 0 Å². The molecule has 1 heterocycles. The van der Waals surface area contributed by atoms with Crippen LogP contribution in [0.15, 0.2) is 12.1 Å². The highest BCUT2D eigenvalue weighted by atomic mass is 35.5. The van der Waals surface area contributed by atoms with Gasteiger partial charge in [0.05, 0.1) is 11.1 Å². The highest BCUT2D eigenvalue weighted by Gasteiger charge is 2.14. The van der Waals surface area contributed by atoms with Gasteiger partial charge in [-0.1, -0.05) is 11.6 Å². The second kappa shape index (κ2) is 3.29. The Labute approximate surface area is 93.7 Å². The van der Waals surface area contributed by atoms with E-state index in [4.69, 9.17) is 16.9 Å². The predicted molar refractivity (Wildman–Crippen MR) is 62.1 cm³/mol. The molecule has 2 aromatic rings.